The fourth-order valence-electron chi connectivity index (χ4n) is 2.98. The summed E-state index contributed by atoms with van der Waals surface area (Å²) < 4.78 is 5.16. The van der Waals surface area contributed by atoms with Crippen molar-refractivity contribution < 1.29 is 14.3 Å². The van der Waals surface area contributed by atoms with Crippen LogP contribution in [0.4, 0.5) is 10.8 Å². The van der Waals surface area contributed by atoms with Gasteiger partial charge >= 0.3 is 0 Å². The Bertz CT molecular complexity index is 1240. The van der Waals surface area contributed by atoms with Gasteiger partial charge in [-0.05, 0) is 42.5 Å². The molecule has 4 aromatic rings. The zero-order chi connectivity index (χ0) is 23.0. The molecule has 0 fully saturated rings. The topological polar surface area (TPSA) is 80.3 Å². The van der Waals surface area contributed by atoms with E-state index in [1.807, 2.05) is 60.0 Å². The minimum atomic E-state index is -0.216. The number of hydrogen-bond acceptors (Lipinski definition) is 6. The van der Waals surface area contributed by atoms with Crippen molar-refractivity contribution in [3.63, 3.8) is 0 Å². The molecule has 4 rings (SSSR count). The molecule has 2 N–H and O–H groups in total. The summed E-state index contributed by atoms with van der Waals surface area (Å²) in [5, 5.41) is 8.21. The Morgan fingerprint density at radius 2 is 1.76 bits per heavy atom. The minimum Gasteiger partial charge on any atom is -0.497 e. The number of thiazole rings is 1. The first-order valence-electron chi connectivity index (χ1n) is 10.1. The predicted octanol–water partition coefficient (Wildman–Crippen LogP) is 5.80. The number of nitrogens with zero attached hydrogens (tertiary/aromatic N) is 1. The molecule has 0 bridgehead atoms. The molecule has 0 saturated carbocycles. The third kappa shape index (κ3) is 6.21. The average molecular weight is 476 g/mol. The van der Waals surface area contributed by atoms with E-state index >= 15 is 0 Å². The number of anilines is 2. The lowest BCUT2D eigenvalue weighted by atomic mass is 10.2. The maximum Gasteiger partial charge on any atom is 0.255 e. The van der Waals surface area contributed by atoms with E-state index in [9.17, 15) is 9.59 Å². The Labute approximate surface area is 200 Å². The van der Waals surface area contributed by atoms with Gasteiger partial charge in [-0.15, -0.1) is 23.1 Å². The molecule has 6 nitrogen and oxygen atoms in total. The fourth-order valence-corrected chi connectivity index (χ4v) is 4.41. The second-order valence-corrected chi connectivity index (χ2v) is 8.86. The summed E-state index contributed by atoms with van der Waals surface area (Å²) in [6, 6.07) is 24.2. The van der Waals surface area contributed by atoms with Gasteiger partial charge in [-0.3, -0.25) is 9.59 Å². The van der Waals surface area contributed by atoms with Crippen LogP contribution in [0, 0.1) is 0 Å². The number of methoxy groups -OCH3 is 1. The molecule has 0 unspecified atom stereocenters. The standard InChI is InChI=1S/C25H21N3O3S2/c1-31-20-9-5-8-18(14-20)24(30)26-19-10-12-21(13-11-19)32-16-23(29)28-25-27-22(15-33-25)17-6-3-2-4-7-17/h2-15H,16H2,1H3,(H,26,30)(H,27,28,29). The number of benzene rings is 3. The molecule has 1 aromatic heterocycles. The summed E-state index contributed by atoms with van der Waals surface area (Å²) in [5.41, 5.74) is 3.05. The summed E-state index contributed by atoms with van der Waals surface area (Å²) in [6.45, 7) is 0. The Balaban J connectivity index is 1.27. The summed E-state index contributed by atoms with van der Waals surface area (Å²) in [4.78, 5) is 30.1. The number of hydrogen-bond donors (Lipinski definition) is 2. The predicted molar refractivity (Wildman–Crippen MR) is 134 cm³/mol. The SMILES string of the molecule is COc1cccc(C(=O)Nc2ccc(SCC(=O)Nc3nc(-c4ccccc4)cs3)cc2)c1. The van der Waals surface area contributed by atoms with Crippen LogP contribution in [-0.2, 0) is 4.79 Å². The highest BCUT2D eigenvalue weighted by atomic mass is 32.2. The van der Waals surface area contributed by atoms with Crippen molar-refractivity contribution in [2.45, 2.75) is 4.90 Å². The molecular weight excluding hydrogens is 454 g/mol. The smallest absolute Gasteiger partial charge is 0.255 e. The second kappa shape index (κ2) is 10.8. The van der Waals surface area contributed by atoms with E-state index in [2.05, 4.69) is 15.6 Å². The maximum atomic E-state index is 12.4. The largest absolute Gasteiger partial charge is 0.497 e. The maximum absolute atomic E-state index is 12.4. The van der Waals surface area contributed by atoms with Crippen molar-refractivity contribution in [1.82, 2.24) is 4.98 Å². The molecule has 3 aromatic carbocycles. The van der Waals surface area contributed by atoms with Gasteiger partial charge in [0.15, 0.2) is 5.13 Å². The van der Waals surface area contributed by atoms with Gasteiger partial charge in [0.1, 0.15) is 5.75 Å². The van der Waals surface area contributed by atoms with E-state index in [-0.39, 0.29) is 17.6 Å². The summed E-state index contributed by atoms with van der Waals surface area (Å²) in [7, 11) is 1.56. The number of rotatable bonds is 8. The van der Waals surface area contributed by atoms with Crippen molar-refractivity contribution in [1.29, 1.82) is 0 Å². The molecule has 0 saturated heterocycles. The van der Waals surface area contributed by atoms with Gasteiger partial charge in [0.25, 0.3) is 5.91 Å². The highest BCUT2D eigenvalue weighted by molar-refractivity contribution is 8.00. The van der Waals surface area contributed by atoms with Crippen molar-refractivity contribution in [2.24, 2.45) is 0 Å². The van der Waals surface area contributed by atoms with Crippen molar-refractivity contribution in [2.75, 3.05) is 23.5 Å². The van der Waals surface area contributed by atoms with Crippen molar-refractivity contribution >= 4 is 45.7 Å². The molecule has 0 aliphatic carbocycles. The van der Waals surface area contributed by atoms with E-state index < -0.39 is 0 Å². The molecule has 166 valence electrons. The minimum absolute atomic E-state index is 0.121. The molecule has 0 spiro atoms. The normalized spacial score (nSPS) is 10.5. The third-order valence-corrected chi connectivity index (χ3v) is 6.40. The van der Waals surface area contributed by atoms with E-state index in [1.54, 1.807) is 31.4 Å². The average Bonchev–Trinajstić information content (AvgIpc) is 3.32. The Kier molecular flexibility index (Phi) is 7.39. The highest BCUT2D eigenvalue weighted by Crippen LogP contribution is 2.25. The number of carbonyl (C=O) groups excluding carboxylic acids is 2. The number of carbonyl (C=O) groups is 2. The monoisotopic (exact) mass is 475 g/mol. The summed E-state index contributed by atoms with van der Waals surface area (Å²) in [6.07, 6.45) is 0. The molecule has 1 heterocycles. The molecular formula is C25H21N3O3S2. The number of amides is 2. The van der Waals surface area contributed by atoms with Crippen LogP contribution in [0.25, 0.3) is 11.3 Å². The van der Waals surface area contributed by atoms with Crippen LogP contribution in [-0.4, -0.2) is 29.7 Å². The molecule has 8 heteroatoms. The van der Waals surface area contributed by atoms with Crippen molar-refractivity contribution in [3.05, 3.63) is 89.8 Å². The van der Waals surface area contributed by atoms with Crippen LogP contribution in [0.1, 0.15) is 10.4 Å². The van der Waals surface area contributed by atoms with Crippen LogP contribution < -0.4 is 15.4 Å². The summed E-state index contributed by atoms with van der Waals surface area (Å²) in [5.74, 6) is 0.550. The number of thioether (sulfide) groups is 1. The first-order chi connectivity index (χ1) is 16.1. The van der Waals surface area contributed by atoms with Gasteiger partial charge in [0.05, 0.1) is 18.6 Å². The number of nitrogens with one attached hydrogen (secondary N) is 2. The molecule has 0 atom stereocenters. The Morgan fingerprint density at radius 1 is 0.970 bits per heavy atom. The van der Waals surface area contributed by atoms with Crippen LogP contribution in [0.3, 0.4) is 0 Å². The van der Waals surface area contributed by atoms with Gasteiger partial charge in [0.2, 0.25) is 5.91 Å². The summed E-state index contributed by atoms with van der Waals surface area (Å²) >= 11 is 2.82. The quantitative estimate of drug-likeness (QED) is 0.315. The van der Waals surface area contributed by atoms with Crippen LogP contribution in [0.15, 0.2) is 89.1 Å². The number of ether oxygens (including phenoxy) is 1. The lowest BCUT2D eigenvalue weighted by molar-refractivity contribution is -0.113. The van der Waals surface area contributed by atoms with Crippen LogP contribution in [0.5, 0.6) is 5.75 Å². The van der Waals surface area contributed by atoms with Crippen molar-refractivity contribution in [3.8, 4) is 17.0 Å². The Morgan fingerprint density at radius 3 is 2.52 bits per heavy atom. The zero-order valence-electron chi connectivity index (χ0n) is 17.8. The lowest BCUT2D eigenvalue weighted by Gasteiger charge is -2.08. The first kappa shape index (κ1) is 22.6. The first-order valence-corrected chi connectivity index (χ1v) is 12.0. The third-order valence-electron chi connectivity index (χ3n) is 4.63. The van der Waals surface area contributed by atoms with Gasteiger partial charge in [-0.1, -0.05) is 36.4 Å². The molecule has 0 radical (unpaired) electrons. The van der Waals surface area contributed by atoms with E-state index in [0.717, 1.165) is 16.2 Å². The molecule has 33 heavy (non-hydrogen) atoms. The lowest BCUT2D eigenvalue weighted by Crippen LogP contribution is -2.13. The molecule has 0 aliphatic rings. The fraction of sp³-hybridized carbons (Fsp3) is 0.0800. The van der Waals surface area contributed by atoms with Crippen LogP contribution in [0.2, 0.25) is 0 Å². The molecule has 2 amide bonds. The molecule has 0 aliphatic heterocycles. The van der Waals surface area contributed by atoms with Crippen LogP contribution >= 0.6 is 23.1 Å². The second-order valence-electron chi connectivity index (χ2n) is 6.95. The van der Waals surface area contributed by atoms with Gasteiger partial charge in [0, 0.05) is 27.1 Å². The van der Waals surface area contributed by atoms with E-state index in [1.165, 1.54) is 23.1 Å². The van der Waals surface area contributed by atoms with Gasteiger partial charge < -0.3 is 15.4 Å². The highest BCUT2D eigenvalue weighted by Gasteiger charge is 2.10. The number of aromatic nitrogens is 1. The van der Waals surface area contributed by atoms with E-state index in [0.29, 0.717) is 22.1 Å². The van der Waals surface area contributed by atoms with Gasteiger partial charge in [-0.25, -0.2) is 4.98 Å². The zero-order valence-corrected chi connectivity index (χ0v) is 19.4. The van der Waals surface area contributed by atoms with E-state index in [4.69, 9.17) is 4.74 Å². The van der Waals surface area contributed by atoms with Gasteiger partial charge in [-0.2, -0.15) is 0 Å². The Hall–Kier alpha value is -3.62.